The fourth-order valence-corrected chi connectivity index (χ4v) is 2.20. The minimum atomic E-state index is 0.310. The van der Waals surface area contributed by atoms with Crippen molar-refractivity contribution in [3.63, 3.8) is 0 Å². The van der Waals surface area contributed by atoms with Crippen LogP contribution in [-0.4, -0.2) is 14.0 Å². The van der Waals surface area contributed by atoms with Crippen LogP contribution in [0.25, 0.3) is 0 Å². The SMILES string of the molecule is [2H]C1=C([2H])C2CB(OC)CC(C1)C2. The average Bonchev–Trinajstić information content (AvgIpc) is 2.14. The fraction of sp³-hybridized carbons (Fsp3) is 0.778. The van der Waals surface area contributed by atoms with Crippen LogP contribution in [0.2, 0.25) is 12.6 Å². The highest BCUT2D eigenvalue weighted by atomic mass is 16.4. The summed E-state index contributed by atoms with van der Waals surface area (Å²) in [5, 5.41) is 0. The highest BCUT2D eigenvalue weighted by Gasteiger charge is 2.31. The zero-order chi connectivity index (χ0) is 9.42. The third-order valence-electron chi connectivity index (χ3n) is 2.79. The van der Waals surface area contributed by atoms with E-state index in [-0.39, 0.29) is 0 Å². The molecular weight excluding hydrogens is 135 g/mol. The summed E-state index contributed by atoms with van der Waals surface area (Å²) in [6.07, 6.45) is 3.95. The van der Waals surface area contributed by atoms with E-state index >= 15 is 0 Å². The van der Waals surface area contributed by atoms with Gasteiger partial charge in [-0.2, -0.15) is 0 Å². The van der Waals surface area contributed by atoms with Gasteiger partial charge in [-0.3, -0.25) is 0 Å². The fourth-order valence-electron chi connectivity index (χ4n) is 2.20. The van der Waals surface area contributed by atoms with Gasteiger partial charge < -0.3 is 4.65 Å². The van der Waals surface area contributed by atoms with E-state index in [1.807, 2.05) is 0 Å². The predicted octanol–water partition coefficient (Wildman–Crippen LogP) is 2.22. The van der Waals surface area contributed by atoms with Crippen molar-refractivity contribution in [2.45, 2.75) is 25.5 Å². The van der Waals surface area contributed by atoms with Gasteiger partial charge in [-0.05, 0) is 37.3 Å². The Kier molecular flexibility index (Phi) is 1.49. The second-order valence-electron chi connectivity index (χ2n) is 3.65. The van der Waals surface area contributed by atoms with Crippen molar-refractivity contribution in [1.29, 1.82) is 0 Å². The Hall–Kier alpha value is -0.235. The Morgan fingerprint density at radius 1 is 1.64 bits per heavy atom. The lowest BCUT2D eigenvalue weighted by Crippen LogP contribution is -2.31. The molecule has 2 rings (SSSR count). The summed E-state index contributed by atoms with van der Waals surface area (Å²) in [7, 11) is 1.75. The lowest BCUT2D eigenvalue weighted by molar-refractivity contribution is 0.346. The molecule has 0 spiro atoms. The lowest BCUT2D eigenvalue weighted by atomic mass is 9.48. The Labute approximate surface area is 71.7 Å². The molecule has 2 unspecified atom stereocenters. The first-order chi connectivity index (χ1) is 6.20. The van der Waals surface area contributed by atoms with Crippen LogP contribution in [0.1, 0.15) is 15.6 Å². The maximum absolute atomic E-state index is 7.76. The zero-order valence-electron chi connectivity index (χ0n) is 8.97. The molecule has 1 aliphatic heterocycles. The van der Waals surface area contributed by atoms with Gasteiger partial charge in [0.1, 0.15) is 0 Å². The first kappa shape index (κ1) is 5.42. The van der Waals surface area contributed by atoms with Crippen LogP contribution in [0.4, 0.5) is 0 Å². The summed E-state index contributed by atoms with van der Waals surface area (Å²) in [4.78, 5) is 0. The number of fused-ring (bicyclic) bond motifs is 2. The topological polar surface area (TPSA) is 9.23 Å². The number of hydrogen-bond donors (Lipinski definition) is 0. The Morgan fingerprint density at radius 2 is 2.55 bits per heavy atom. The molecule has 0 aromatic rings. The van der Waals surface area contributed by atoms with Crippen LogP contribution in [0.3, 0.4) is 0 Å². The van der Waals surface area contributed by atoms with E-state index in [1.165, 1.54) is 0 Å². The van der Waals surface area contributed by atoms with E-state index < -0.39 is 0 Å². The maximum atomic E-state index is 7.76. The van der Waals surface area contributed by atoms with E-state index in [9.17, 15) is 0 Å². The summed E-state index contributed by atoms with van der Waals surface area (Å²) in [6, 6.07) is 1.13. The molecule has 0 aromatic carbocycles. The molecular formula is C9H15BO. The Balaban J connectivity index is 2.15. The quantitative estimate of drug-likeness (QED) is 0.413. The molecule has 60 valence electrons. The van der Waals surface area contributed by atoms with Crippen LogP contribution < -0.4 is 0 Å². The maximum Gasteiger partial charge on any atom is 0.293 e. The molecule has 11 heavy (non-hydrogen) atoms. The Morgan fingerprint density at radius 3 is 3.36 bits per heavy atom. The molecule has 1 aliphatic carbocycles. The van der Waals surface area contributed by atoms with Crippen molar-refractivity contribution >= 4 is 6.92 Å². The molecule has 0 aromatic heterocycles. The van der Waals surface area contributed by atoms with Gasteiger partial charge in [-0.25, -0.2) is 0 Å². The van der Waals surface area contributed by atoms with E-state index in [1.54, 1.807) is 7.11 Å². The summed E-state index contributed by atoms with van der Waals surface area (Å²) >= 11 is 0. The third kappa shape index (κ3) is 1.51. The van der Waals surface area contributed by atoms with Gasteiger partial charge in [0.05, 0.1) is 2.74 Å². The van der Waals surface area contributed by atoms with Gasteiger partial charge in [-0.15, -0.1) is 0 Å². The summed E-state index contributed by atoms with van der Waals surface area (Å²) in [5.74, 6) is 0.912. The van der Waals surface area contributed by atoms with Crippen molar-refractivity contribution in [2.75, 3.05) is 7.11 Å². The lowest BCUT2D eigenvalue weighted by Gasteiger charge is -2.33. The second kappa shape index (κ2) is 3.02. The van der Waals surface area contributed by atoms with Gasteiger partial charge in [0.25, 0.3) is 6.92 Å². The number of hydrogen-bond acceptors (Lipinski definition) is 1. The van der Waals surface area contributed by atoms with Crippen molar-refractivity contribution in [2.24, 2.45) is 11.8 Å². The van der Waals surface area contributed by atoms with Crippen molar-refractivity contribution in [1.82, 2.24) is 0 Å². The molecule has 2 bridgehead atoms. The molecule has 0 amide bonds. The molecule has 2 aliphatic rings. The van der Waals surface area contributed by atoms with Crippen LogP contribution in [-0.2, 0) is 4.65 Å². The van der Waals surface area contributed by atoms with Crippen LogP contribution in [0.15, 0.2) is 12.1 Å². The van der Waals surface area contributed by atoms with Crippen LogP contribution in [0, 0.1) is 11.8 Å². The minimum absolute atomic E-state index is 0.310. The average molecular weight is 152 g/mol. The Bertz CT molecular complexity index is 242. The largest absolute Gasteiger partial charge is 0.438 e. The van der Waals surface area contributed by atoms with Gasteiger partial charge >= 0.3 is 0 Å². The van der Waals surface area contributed by atoms with Gasteiger partial charge in [0, 0.05) is 7.11 Å². The van der Waals surface area contributed by atoms with Crippen molar-refractivity contribution < 1.29 is 7.40 Å². The molecule has 1 saturated heterocycles. The molecule has 1 nitrogen and oxygen atoms in total. The van der Waals surface area contributed by atoms with E-state index in [2.05, 4.69) is 0 Å². The zero-order valence-corrected chi connectivity index (χ0v) is 6.97. The second-order valence-corrected chi connectivity index (χ2v) is 3.65. The molecule has 2 atom stereocenters. The predicted molar refractivity (Wildman–Crippen MR) is 47.7 cm³/mol. The molecule has 1 heterocycles. The molecule has 1 fully saturated rings. The molecule has 0 saturated carbocycles. The summed E-state index contributed by atoms with van der Waals surface area (Å²) in [6.45, 7) is 0.331. The highest BCUT2D eigenvalue weighted by molar-refractivity contribution is 6.52. The highest BCUT2D eigenvalue weighted by Crippen LogP contribution is 2.36. The van der Waals surface area contributed by atoms with E-state index in [0.29, 0.717) is 30.9 Å². The van der Waals surface area contributed by atoms with Gasteiger partial charge in [0.2, 0.25) is 0 Å². The van der Waals surface area contributed by atoms with Crippen molar-refractivity contribution in [3.05, 3.63) is 12.1 Å². The molecule has 2 heteroatoms. The van der Waals surface area contributed by atoms with Gasteiger partial charge in [0.15, 0.2) is 0 Å². The van der Waals surface area contributed by atoms with Crippen molar-refractivity contribution in [3.8, 4) is 0 Å². The third-order valence-corrected chi connectivity index (χ3v) is 2.79. The van der Waals surface area contributed by atoms with E-state index in [4.69, 9.17) is 7.40 Å². The normalized spacial score (nSPS) is 40.3. The summed E-state index contributed by atoms with van der Waals surface area (Å²) < 4.78 is 20.8. The van der Waals surface area contributed by atoms with Crippen LogP contribution in [0.5, 0.6) is 0 Å². The number of allylic oxidation sites excluding steroid dienone is 2. The first-order valence-electron chi connectivity index (χ1n) is 5.39. The molecule has 0 radical (unpaired) electrons. The van der Waals surface area contributed by atoms with E-state index in [0.717, 1.165) is 25.5 Å². The monoisotopic (exact) mass is 152 g/mol. The smallest absolute Gasteiger partial charge is 0.293 e. The first-order valence-corrected chi connectivity index (χ1v) is 4.39. The van der Waals surface area contributed by atoms with Crippen LogP contribution >= 0.6 is 0 Å². The summed E-state index contributed by atoms with van der Waals surface area (Å²) in [5.41, 5.74) is 0. The molecule has 0 N–H and O–H groups in total. The van der Waals surface area contributed by atoms with Gasteiger partial charge in [-0.1, -0.05) is 12.1 Å². The minimum Gasteiger partial charge on any atom is -0.438 e. The number of rotatable bonds is 1. The standard InChI is InChI=1S/C9H15BO/c1-11-10-6-8-3-2-4-9(5-8)7-10/h2-3,8-9H,4-7H2,1H3/i2D,3D.